The van der Waals surface area contributed by atoms with E-state index in [9.17, 15) is 20.4 Å². The van der Waals surface area contributed by atoms with Gasteiger partial charge in [-0.1, -0.05) is 59.8 Å². The molecule has 3 heterocycles. The van der Waals surface area contributed by atoms with Gasteiger partial charge in [0.05, 0.1) is 12.7 Å². The van der Waals surface area contributed by atoms with Crippen molar-refractivity contribution < 1.29 is 39.7 Å². The van der Waals surface area contributed by atoms with Crippen molar-refractivity contribution in [3.8, 4) is 0 Å². The zero-order valence-electron chi connectivity index (χ0n) is 26.3. The summed E-state index contributed by atoms with van der Waals surface area (Å²) in [6, 6.07) is 0. The molecule has 238 valence electrons. The molecule has 2 saturated heterocycles. The fourth-order valence-corrected chi connectivity index (χ4v) is 10.2. The van der Waals surface area contributed by atoms with E-state index in [-0.39, 0.29) is 16.9 Å². The van der Waals surface area contributed by atoms with Crippen LogP contribution < -0.4 is 0 Å². The summed E-state index contributed by atoms with van der Waals surface area (Å²) in [6.07, 6.45) is 9.63. The molecule has 5 fully saturated rings. The predicted molar refractivity (Wildman–Crippen MR) is 157 cm³/mol. The first kappa shape index (κ1) is 31.2. The Balaban J connectivity index is 1.21. The summed E-state index contributed by atoms with van der Waals surface area (Å²) in [6.45, 7) is 13.7. The third-order valence-electron chi connectivity index (χ3n) is 13.3. The number of hydrogen-bond acceptors (Lipinski definition) is 8. The van der Waals surface area contributed by atoms with Gasteiger partial charge in [0.2, 0.25) is 0 Å². The molecule has 0 aromatic rings. The van der Waals surface area contributed by atoms with Crippen molar-refractivity contribution in [1.29, 1.82) is 0 Å². The lowest BCUT2D eigenvalue weighted by Crippen LogP contribution is -2.73. The smallest absolute Gasteiger partial charge is 0.186 e. The van der Waals surface area contributed by atoms with Crippen LogP contribution in [0.5, 0.6) is 0 Å². The highest BCUT2D eigenvalue weighted by molar-refractivity contribution is 5.33. The molecule has 7 rings (SSSR count). The molecular weight excluding hydrogens is 536 g/mol. The van der Waals surface area contributed by atoms with Gasteiger partial charge in [-0.15, -0.1) is 0 Å². The van der Waals surface area contributed by atoms with E-state index in [1.807, 2.05) is 0 Å². The Bertz CT molecular complexity index is 1060. The minimum Gasteiger partial charge on any atom is -0.394 e. The molecule has 8 heteroatoms. The molecule has 0 unspecified atom stereocenters. The molecule has 4 aliphatic carbocycles. The van der Waals surface area contributed by atoms with Crippen molar-refractivity contribution in [2.24, 2.45) is 46.3 Å². The summed E-state index contributed by atoms with van der Waals surface area (Å²) in [5.41, 5.74) is -0.998. The Morgan fingerprint density at radius 3 is 2.31 bits per heavy atom. The first-order valence-corrected chi connectivity index (χ1v) is 16.5. The highest BCUT2D eigenvalue weighted by atomic mass is 17.2. The Morgan fingerprint density at radius 2 is 1.64 bits per heavy atom. The van der Waals surface area contributed by atoms with Crippen molar-refractivity contribution in [3.05, 3.63) is 24.3 Å². The van der Waals surface area contributed by atoms with Crippen LogP contribution >= 0.6 is 0 Å². The molecule has 42 heavy (non-hydrogen) atoms. The maximum absolute atomic E-state index is 10.6. The predicted octanol–water partition coefficient (Wildman–Crippen LogP) is 4.30. The van der Waals surface area contributed by atoms with E-state index in [0.717, 1.165) is 25.7 Å². The number of ether oxygens (including phenoxy) is 2. The summed E-state index contributed by atoms with van der Waals surface area (Å²) in [7, 11) is 0. The number of rotatable bonds is 7. The van der Waals surface area contributed by atoms with Gasteiger partial charge in [0.25, 0.3) is 0 Å². The van der Waals surface area contributed by atoms with E-state index < -0.39 is 48.5 Å². The number of hydrogen-bond donors (Lipinski definition) is 4. The highest BCUT2D eigenvalue weighted by Gasteiger charge is 2.74. The van der Waals surface area contributed by atoms with Gasteiger partial charge in [-0.25, -0.2) is 9.78 Å². The Hall–Kier alpha value is -0.840. The Morgan fingerprint density at radius 1 is 0.881 bits per heavy atom. The van der Waals surface area contributed by atoms with Crippen LogP contribution in [0.1, 0.15) is 86.5 Å². The molecule has 0 aromatic carbocycles. The number of aliphatic hydroxyl groups is 4. The lowest BCUT2D eigenvalue weighted by atomic mass is 9.42. The van der Waals surface area contributed by atoms with Gasteiger partial charge in [0, 0.05) is 23.7 Å². The maximum atomic E-state index is 10.6. The first-order chi connectivity index (χ1) is 19.8. The molecule has 3 saturated carbocycles. The molecule has 0 radical (unpaired) electrons. The van der Waals surface area contributed by atoms with Crippen molar-refractivity contribution in [1.82, 2.24) is 0 Å². The topological polar surface area (TPSA) is 118 Å². The second kappa shape index (κ2) is 10.9. The van der Waals surface area contributed by atoms with Crippen LogP contribution in [0, 0.1) is 46.3 Å². The van der Waals surface area contributed by atoms with Crippen LogP contribution in [-0.2, 0) is 19.2 Å². The van der Waals surface area contributed by atoms with Crippen molar-refractivity contribution in [3.63, 3.8) is 0 Å². The monoisotopic (exact) mass is 590 g/mol. The summed E-state index contributed by atoms with van der Waals surface area (Å²) < 4.78 is 11.9. The largest absolute Gasteiger partial charge is 0.394 e. The summed E-state index contributed by atoms with van der Waals surface area (Å²) in [4.78, 5) is 13.1. The summed E-state index contributed by atoms with van der Waals surface area (Å²) in [5, 5.41) is 40.6. The summed E-state index contributed by atoms with van der Waals surface area (Å²) >= 11 is 0. The maximum Gasteiger partial charge on any atom is 0.186 e. The van der Waals surface area contributed by atoms with Crippen LogP contribution in [0.2, 0.25) is 0 Å². The van der Waals surface area contributed by atoms with Crippen LogP contribution in [-0.4, -0.2) is 75.0 Å². The fraction of sp³-hybridized carbons (Fsp3) is 0.882. The highest BCUT2D eigenvalue weighted by Crippen LogP contribution is 2.73. The molecule has 2 spiro atoms. The molecule has 7 aliphatic rings. The molecule has 2 bridgehead atoms. The van der Waals surface area contributed by atoms with E-state index >= 15 is 0 Å². The molecular formula is C34H54O8. The third-order valence-corrected chi connectivity index (χ3v) is 13.3. The van der Waals surface area contributed by atoms with Crippen LogP contribution in [0.25, 0.3) is 0 Å². The molecule has 8 nitrogen and oxygen atoms in total. The van der Waals surface area contributed by atoms with Gasteiger partial charge in [-0.05, 0) is 73.7 Å². The minimum atomic E-state index is -1.46. The van der Waals surface area contributed by atoms with Gasteiger partial charge in [-0.2, -0.15) is 0 Å². The molecule has 3 aliphatic heterocycles. The second-order valence-electron chi connectivity index (χ2n) is 15.5. The Labute approximate surface area is 251 Å². The lowest BCUT2D eigenvalue weighted by Gasteiger charge is -2.69. The average Bonchev–Trinajstić information content (AvgIpc) is 3.33. The SMILES string of the molecule is CC(C)[C@H](C)/C=C/[C@@H](C)[C@H]1CC[C@@H]2[C@]1(C)CC[C@H]1[C@]23C=C[C@]2(C[C@@H](O[C@@H]4O[C@H](CO)[C@@H](O)[C@H](O)[C@H]4O)CC[C@]12C)OO3. The number of fused-ring (bicyclic) bond motifs is 2. The fourth-order valence-electron chi connectivity index (χ4n) is 10.2. The Kier molecular flexibility index (Phi) is 8.09. The minimum absolute atomic E-state index is 0.118. The average molecular weight is 591 g/mol. The zero-order chi connectivity index (χ0) is 30.2. The van der Waals surface area contributed by atoms with E-state index in [1.165, 1.54) is 12.8 Å². The normalized spacial score (nSPS) is 53.2. The van der Waals surface area contributed by atoms with Gasteiger partial charge in [0.15, 0.2) is 6.29 Å². The van der Waals surface area contributed by atoms with E-state index in [1.54, 1.807) is 0 Å². The number of aliphatic hydroxyl groups excluding tert-OH is 4. The van der Waals surface area contributed by atoms with Gasteiger partial charge < -0.3 is 29.9 Å². The van der Waals surface area contributed by atoms with Gasteiger partial charge >= 0.3 is 0 Å². The van der Waals surface area contributed by atoms with Crippen LogP contribution in [0.3, 0.4) is 0 Å². The molecule has 0 amide bonds. The van der Waals surface area contributed by atoms with Crippen LogP contribution in [0.4, 0.5) is 0 Å². The third kappa shape index (κ3) is 4.45. The summed E-state index contributed by atoms with van der Waals surface area (Å²) in [5.74, 6) is 3.12. The lowest BCUT2D eigenvalue weighted by molar-refractivity contribution is -0.499. The van der Waals surface area contributed by atoms with E-state index in [4.69, 9.17) is 19.2 Å². The van der Waals surface area contributed by atoms with Crippen LogP contribution in [0.15, 0.2) is 24.3 Å². The second-order valence-corrected chi connectivity index (χ2v) is 15.5. The van der Waals surface area contributed by atoms with Crippen molar-refractivity contribution in [2.75, 3.05) is 6.61 Å². The number of allylic oxidation sites excluding steroid dienone is 2. The van der Waals surface area contributed by atoms with Crippen molar-refractivity contribution in [2.45, 2.75) is 135 Å². The van der Waals surface area contributed by atoms with E-state index in [2.05, 4.69) is 65.8 Å². The molecule has 15 atom stereocenters. The molecule has 4 N–H and O–H groups in total. The van der Waals surface area contributed by atoms with E-state index in [0.29, 0.717) is 41.9 Å². The zero-order valence-corrected chi connectivity index (χ0v) is 26.3. The standard InChI is InChI=1S/C34H54O8/c1-19(2)20(3)7-8-21(4)23-9-10-25-31(23,5)13-12-26-32(6)14-11-22(17-33(32)15-16-34(25,26)42-41-33)39-30-29(38)28(37)27(36)24(18-35)40-30/h7-8,15-16,19-30,35-38H,9-14,17-18H2,1-6H3/b8-7+/t20-,21-,22+,23-,24-,25-,26-,27-,28+,29-,30-,31-,32-,33-,34+/m1/s1. The van der Waals surface area contributed by atoms with Gasteiger partial charge in [-0.3, -0.25) is 0 Å². The van der Waals surface area contributed by atoms with Gasteiger partial charge in [0.1, 0.15) is 35.6 Å². The first-order valence-electron chi connectivity index (χ1n) is 16.5. The molecule has 0 aromatic heterocycles. The van der Waals surface area contributed by atoms with Crippen molar-refractivity contribution >= 4 is 0 Å². The quantitative estimate of drug-likeness (QED) is 0.256.